The summed E-state index contributed by atoms with van der Waals surface area (Å²) in [7, 11) is 0. The Labute approximate surface area is 91.9 Å². The second kappa shape index (κ2) is 4.99. The number of piperidine rings is 1. The Kier molecular flexibility index (Phi) is 3.64. The van der Waals surface area contributed by atoms with Crippen molar-refractivity contribution in [2.75, 3.05) is 13.1 Å². The minimum absolute atomic E-state index is 0.386. The van der Waals surface area contributed by atoms with Crippen molar-refractivity contribution in [2.45, 2.75) is 25.8 Å². The molecule has 2 heterocycles. The summed E-state index contributed by atoms with van der Waals surface area (Å²) in [6.07, 6.45) is 0.951. The summed E-state index contributed by atoms with van der Waals surface area (Å²) in [5, 5.41) is 0. The predicted octanol–water partition coefficient (Wildman–Crippen LogP) is 2.62. The number of halogens is 2. The van der Waals surface area contributed by atoms with E-state index in [9.17, 15) is 8.78 Å². The maximum atomic E-state index is 12.4. The highest BCUT2D eigenvalue weighted by Crippen LogP contribution is 2.24. The maximum absolute atomic E-state index is 12.4. The quantitative estimate of drug-likeness (QED) is 0.796. The number of alkyl halides is 2. The molecule has 1 saturated heterocycles. The molecule has 1 fully saturated rings. The number of hydrogen-bond donors (Lipinski definition) is 0. The van der Waals surface area contributed by atoms with Crippen molar-refractivity contribution < 1.29 is 8.78 Å². The van der Waals surface area contributed by atoms with Gasteiger partial charge in [-0.15, -0.1) is 11.3 Å². The van der Waals surface area contributed by atoms with E-state index in [4.69, 9.17) is 0 Å². The fourth-order valence-electron chi connectivity index (χ4n) is 1.90. The molecule has 0 aliphatic carbocycles. The van der Waals surface area contributed by atoms with Crippen molar-refractivity contribution in [2.24, 2.45) is 5.92 Å². The first-order chi connectivity index (χ1) is 7.25. The smallest absolute Gasteiger partial charge is 0.241 e. The first kappa shape index (κ1) is 11.0. The second-order valence-electron chi connectivity index (χ2n) is 3.92. The van der Waals surface area contributed by atoms with Crippen molar-refractivity contribution in [1.29, 1.82) is 0 Å². The van der Waals surface area contributed by atoms with Crippen LogP contribution in [0.4, 0.5) is 8.78 Å². The van der Waals surface area contributed by atoms with Crippen LogP contribution in [0.2, 0.25) is 0 Å². The number of hydrogen-bond acceptors (Lipinski definition) is 3. The van der Waals surface area contributed by atoms with E-state index in [1.807, 2.05) is 6.20 Å². The molecule has 1 aromatic heterocycles. The highest BCUT2D eigenvalue weighted by molar-refractivity contribution is 7.09. The summed E-state index contributed by atoms with van der Waals surface area (Å²) in [5.74, 6) is -0.386. The Balaban J connectivity index is 1.79. The molecular formula is C10H14F2N2S. The zero-order valence-corrected chi connectivity index (χ0v) is 9.22. The molecule has 0 amide bonds. The van der Waals surface area contributed by atoms with Crippen LogP contribution in [-0.4, -0.2) is 29.4 Å². The molecular weight excluding hydrogens is 218 g/mol. The molecule has 1 aromatic rings. The zero-order chi connectivity index (χ0) is 10.7. The number of rotatable bonds is 3. The van der Waals surface area contributed by atoms with Crippen LogP contribution in [0.3, 0.4) is 0 Å². The van der Waals surface area contributed by atoms with Crippen molar-refractivity contribution in [3.8, 4) is 0 Å². The van der Waals surface area contributed by atoms with Gasteiger partial charge in [-0.3, -0.25) is 9.88 Å². The van der Waals surface area contributed by atoms with Crippen LogP contribution in [-0.2, 0) is 6.54 Å². The molecule has 5 heteroatoms. The topological polar surface area (TPSA) is 16.1 Å². The van der Waals surface area contributed by atoms with Crippen LogP contribution in [0.1, 0.15) is 17.7 Å². The lowest BCUT2D eigenvalue weighted by Crippen LogP contribution is -2.35. The van der Waals surface area contributed by atoms with Gasteiger partial charge in [-0.1, -0.05) is 0 Å². The van der Waals surface area contributed by atoms with E-state index in [1.54, 1.807) is 16.8 Å². The predicted molar refractivity (Wildman–Crippen MR) is 56.1 cm³/mol. The van der Waals surface area contributed by atoms with E-state index >= 15 is 0 Å². The fourth-order valence-corrected chi connectivity index (χ4v) is 2.54. The van der Waals surface area contributed by atoms with Crippen LogP contribution in [0.25, 0.3) is 0 Å². The first-order valence-electron chi connectivity index (χ1n) is 5.13. The normalized spacial score (nSPS) is 19.9. The van der Waals surface area contributed by atoms with E-state index in [1.165, 1.54) is 4.88 Å². The summed E-state index contributed by atoms with van der Waals surface area (Å²) >= 11 is 1.62. The minimum Gasteiger partial charge on any atom is -0.298 e. The summed E-state index contributed by atoms with van der Waals surface area (Å²) in [6, 6.07) is 0. The monoisotopic (exact) mass is 232 g/mol. The van der Waals surface area contributed by atoms with Crippen LogP contribution >= 0.6 is 11.3 Å². The van der Waals surface area contributed by atoms with E-state index in [0.29, 0.717) is 12.8 Å². The third-order valence-corrected chi connectivity index (χ3v) is 3.62. The fraction of sp³-hybridized carbons (Fsp3) is 0.700. The van der Waals surface area contributed by atoms with Crippen molar-refractivity contribution in [1.82, 2.24) is 9.88 Å². The van der Waals surface area contributed by atoms with E-state index < -0.39 is 6.43 Å². The van der Waals surface area contributed by atoms with Gasteiger partial charge in [-0.2, -0.15) is 0 Å². The molecule has 2 nitrogen and oxygen atoms in total. The first-order valence-corrected chi connectivity index (χ1v) is 6.01. The number of thiazole rings is 1. The van der Waals surface area contributed by atoms with E-state index in [-0.39, 0.29) is 5.92 Å². The third-order valence-electron chi connectivity index (χ3n) is 2.85. The van der Waals surface area contributed by atoms with Crippen molar-refractivity contribution >= 4 is 11.3 Å². The van der Waals surface area contributed by atoms with Gasteiger partial charge in [-0.05, 0) is 25.9 Å². The largest absolute Gasteiger partial charge is 0.298 e. The van der Waals surface area contributed by atoms with Gasteiger partial charge in [0.05, 0.1) is 5.51 Å². The van der Waals surface area contributed by atoms with Gasteiger partial charge in [-0.25, -0.2) is 8.78 Å². The van der Waals surface area contributed by atoms with Gasteiger partial charge in [0.2, 0.25) is 6.43 Å². The number of nitrogens with zero attached hydrogens (tertiary/aromatic N) is 2. The number of aromatic nitrogens is 1. The van der Waals surface area contributed by atoms with Gasteiger partial charge in [0.15, 0.2) is 0 Å². The maximum Gasteiger partial charge on any atom is 0.241 e. The lowest BCUT2D eigenvalue weighted by atomic mass is 9.97. The van der Waals surface area contributed by atoms with E-state index in [2.05, 4.69) is 9.88 Å². The molecule has 0 unspecified atom stereocenters. The molecule has 1 aliphatic heterocycles. The van der Waals surface area contributed by atoms with Crippen molar-refractivity contribution in [3.63, 3.8) is 0 Å². The lowest BCUT2D eigenvalue weighted by molar-refractivity contribution is 0.0338. The van der Waals surface area contributed by atoms with Gasteiger partial charge in [0.25, 0.3) is 0 Å². The lowest BCUT2D eigenvalue weighted by Gasteiger charge is -2.30. The molecule has 0 bridgehead atoms. The van der Waals surface area contributed by atoms with Crippen LogP contribution in [0.5, 0.6) is 0 Å². The number of likely N-dealkylation sites (tertiary alicyclic amines) is 1. The summed E-state index contributed by atoms with van der Waals surface area (Å²) in [4.78, 5) is 7.44. The summed E-state index contributed by atoms with van der Waals surface area (Å²) in [5.41, 5.74) is 1.81. The van der Waals surface area contributed by atoms with Crippen LogP contribution < -0.4 is 0 Å². The van der Waals surface area contributed by atoms with Gasteiger partial charge < -0.3 is 0 Å². The SMILES string of the molecule is FC(F)C1CCN(Cc2cncs2)CC1. The average Bonchev–Trinajstić information content (AvgIpc) is 2.71. The molecule has 0 spiro atoms. The van der Waals surface area contributed by atoms with Crippen LogP contribution in [0.15, 0.2) is 11.7 Å². The van der Waals surface area contributed by atoms with E-state index in [0.717, 1.165) is 19.6 Å². The van der Waals surface area contributed by atoms with Crippen LogP contribution in [0, 0.1) is 5.92 Å². The third kappa shape index (κ3) is 2.95. The Morgan fingerprint density at radius 2 is 2.20 bits per heavy atom. The molecule has 0 N–H and O–H groups in total. The summed E-state index contributed by atoms with van der Waals surface area (Å²) in [6.45, 7) is 2.43. The molecule has 15 heavy (non-hydrogen) atoms. The Morgan fingerprint density at radius 3 is 2.73 bits per heavy atom. The molecule has 0 aromatic carbocycles. The molecule has 2 rings (SSSR count). The highest BCUT2D eigenvalue weighted by atomic mass is 32.1. The van der Waals surface area contributed by atoms with Gasteiger partial charge >= 0.3 is 0 Å². The molecule has 84 valence electrons. The summed E-state index contributed by atoms with van der Waals surface area (Å²) < 4.78 is 24.8. The minimum atomic E-state index is -2.14. The highest BCUT2D eigenvalue weighted by Gasteiger charge is 2.26. The molecule has 0 atom stereocenters. The Hall–Kier alpha value is -0.550. The van der Waals surface area contributed by atoms with Gasteiger partial charge in [0, 0.05) is 23.5 Å². The van der Waals surface area contributed by atoms with Gasteiger partial charge in [0.1, 0.15) is 0 Å². The zero-order valence-electron chi connectivity index (χ0n) is 8.40. The Bertz CT molecular complexity index is 282. The average molecular weight is 232 g/mol. The van der Waals surface area contributed by atoms with Crippen molar-refractivity contribution in [3.05, 3.63) is 16.6 Å². The molecule has 1 aliphatic rings. The standard InChI is InChI=1S/C10H14F2N2S/c11-10(12)8-1-3-14(4-2-8)6-9-5-13-7-15-9/h5,7-8,10H,1-4,6H2. The molecule has 0 radical (unpaired) electrons. The second-order valence-corrected chi connectivity index (χ2v) is 4.89. The molecule has 0 saturated carbocycles. The Morgan fingerprint density at radius 1 is 1.47 bits per heavy atom.